The average molecular weight is 139 g/mol. The fraction of sp³-hybridized carbons (Fsp3) is 0.286. The molecule has 10 heavy (non-hydrogen) atoms. The van der Waals surface area contributed by atoms with Crippen molar-refractivity contribution in [2.45, 2.75) is 13.5 Å². The maximum Gasteiger partial charge on any atom is 0.247 e. The Morgan fingerprint density at radius 2 is 2.40 bits per heavy atom. The molecule has 54 valence electrons. The highest BCUT2D eigenvalue weighted by atomic mass is 16.5. The Bertz CT molecular complexity index is 235. The van der Waals surface area contributed by atoms with Crippen LogP contribution in [0.1, 0.15) is 11.3 Å². The predicted octanol–water partition coefficient (Wildman–Crippen LogP) is -0.0215. The topological polar surface area (TPSA) is 50.1 Å². The van der Waals surface area contributed by atoms with Crippen LogP contribution in [0, 0.1) is 6.92 Å². The smallest absolute Gasteiger partial charge is 0.247 e. The molecule has 0 radical (unpaired) electrons. The van der Waals surface area contributed by atoms with E-state index in [1.54, 1.807) is 6.20 Å². The molecule has 3 nitrogen and oxygen atoms in total. The van der Waals surface area contributed by atoms with Crippen molar-refractivity contribution in [2.75, 3.05) is 0 Å². The minimum absolute atomic E-state index is 0.359. The van der Waals surface area contributed by atoms with Crippen molar-refractivity contribution >= 4 is 0 Å². The van der Waals surface area contributed by atoms with Crippen LogP contribution in [0.5, 0.6) is 0 Å². The molecule has 1 aromatic heterocycles. The van der Waals surface area contributed by atoms with Crippen molar-refractivity contribution in [3.05, 3.63) is 29.6 Å². The van der Waals surface area contributed by atoms with Crippen LogP contribution >= 0.6 is 0 Å². The van der Waals surface area contributed by atoms with Crippen LogP contribution < -0.4 is 10.5 Å². The molecule has 0 saturated carbocycles. The summed E-state index contributed by atoms with van der Waals surface area (Å²) in [5.74, 6) is 0. The van der Waals surface area contributed by atoms with Crippen LogP contribution in [-0.2, 0) is 6.54 Å². The van der Waals surface area contributed by atoms with E-state index < -0.39 is 0 Å². The van der Waals surface area contributed by atoms with E-state index in [0.717, 1.165) is 16.0 Å². The monoisotopic (exact) mass is 139 g/mol. The van der Waals surface area contributed by atoms with Crippen LogP contribution in [0.4, 0.5) is 0 Å². The van der Waals surface area contributed by atoms with Gasteiger partial charge in [-0.25, -0.2) is 0 Å². The molecule has 1 heterocycles. The van der Waals surface area contributed by atoms with Crippen molar-refractivity contribution in [1.82, 2.24) is 0 Å². The summed E-state index contributed by atoms with van der Waals surface area (Å²) in [7, 11) is 0. The first-order valence-electron chi connectivity index (χ1n) is 3.14. The molecular formula is C7H11N2O+. The van der Waals surface area contributed by atoms with E-state index in [2.05, 4.69) is 0 Å². The molecular weight excluding hydrogens is 128 g/mol. The van der Waals surface area contributed by atoms with Crippen molar-refractivity contribution in [3.63, 3.8) is 0 Å². The molecule has 0 amide bonds. The quantitative estimate of drug-likeness (QED) is 0.424. The SMILES string of the molecule is Cc1cc[n+](O)c(CN)c1. The number of nitrogens with zero attached hydrogens (tertiary/aromatic N) is 1. The fourth-order valence-electron chi connectivity index (χ4n) is 0.813. The summed E-state index contributed by atoms with van der Waals surface area (Å²) in [6, 6.07) is 3.67. The van der Waals surface area contributed by atoms with Gasteiger partial charge in [-0.1, -0.05) is 0 Å². The van der Waals surface area contributed by atoms with Gasteiger partial charge in [0, 0.05) is 16.9 Å². The van der Waals surface area contributed by atoms with Crippen molar-refractivity contribution in [3.8, 4) is 0 Å². The average Bonchev–Trinajstić information content (AvgIpc) is 1.94. The third-order valence-electron chi connectivity index (χ3n) is 1.38. The van der Waals surface area contributed by atoms with Crippen LogP contribution in [0.3, 0.4) is 0 Å². The van der Waals surface area contributed by atoms with E-state index in [1.165, 1.54) is 0 Å². The maximum absolute atomic E-state index is 9.07. The molecule has 0 unspecified atom stereocenters. The lowest BCUT2D eigenvalue weighted by Gasteiger charge is -1.92. The van der Waals surface area contributed by atoms with Crippen molar-refractivity contribution in [1.29, 1.82) is 0 Å². The zero-order valence-corrected chi connectivity index (χ0v) is 5.91. The van der Waals surface area contributed by atoms with Gasteiger partial charge in [-0.05, 0) is 12.5 Å². The third-order valence-corrected chi connectivity index (χ3v) is 1.38. The van der Waals surface area contributed by atoms with Crippen LogP contribution in [0.15, 0.2) is 18.3 Å². The second kappa shape index (κ2) is 2.66. The number of rotatable bonds is 1. The Balaban J connectivity index is 3.09. The minimum atomic E-state index is 0.359. The molecule has 0 bridgehead atoms. The zero-order chi connectivity index (χ0) is 7.56. The third kappa shape index (κ3) is 1.25. The molecule has 3 N–H and O–H groups in total. The summed E-state index contributed by atoms with van der Waals surface area (Å²) in [6.45, 7) is 2.32. The Morgan fingerprint density at radius 1 is 1.70 bits per heavy atom. The van der Waals surface area contributed by atoms with Gasteiger partial charge in [0.25, 0.3) is 0 Å². The Labute approximate surface area is 59.7 Å². The van der Waals surface area contributed by atoms with E-state index in [-0.39, 0.29) is 0 Å². The summed E-state index contributed by atoms with van der Waals surface area (Å²) in [5, 5.41) is 9.07. The Morgan fingerprint density at radius 3 is 2.90 bits per heavy atom. The number of nitrogens with two attached hydrogens (primary N) is 1. The second-order valence-electron chi connectivity index (χ2n) is 2.24. The molecule has 0 fully saturated rings. The van der Waals surface area contributed by atoms with E-state index in [1.807, 2.05) is 19.1 Å². The Kier molecular flexibility index (Phi) is 1.87. The van der Waals surface area contributed by atoms with Crippen LogP contribution in [-0.4, -0.2) is 5.21 Å². The van der Waals surface area contributed by atoms with Gasteiger partial charge in [0.2, 0.25) is 11.9 Å². The summed E-state index contributed by atoms with van der Waals surface area (Å²) < 4.78 is 1.03. The predicted molar refractivity (Wildman–Crippen MR) is 36.4 cm³/mol. The molecule has 0 aromatic carbocycles. The highest BCUT2D eigenvalue weighted by molar-refractivity contribution is 5.09. The van der Waals surface area contributed by atoms with Gasteiger partial charge in [0.05, 0.1) is 6.54 Å². The molecule has 0 aliphatic carbocycles. The van der Waals surface area contributed by atoms with Gasteiger partial charge >= 0.3 is 0 Å². The first kappa shape index (κ1) is 7.02. The molecule has 1 rings (SSSR count). The standard InChI is InChI=1S/C7H11N2O/c1-6-2-3-9(10)7(4-6)5-8/h2-4,10H,5,8H2,1H3/q+1. The van der Waals surface area contributed by atoms with E-state index >= 15 is 0 Å². The van der Waals surface area contributed by atoms with Crippen LogP contribution in [0.25, 0.3) is 0 Å². The molecule has 0 aliphatic rings. The minimum Gasteiger partial charge on any atom is -0.321 e. The van der Waals surface area contributed by atoms with Gasteiger partial charge in [0.15, 0.2) is 0 Å². The van der Waals surface area contributed by atoms with Gasteiger partial charge in [-0.2, -0.15) is 0 Å². The lowest BCUT2D eigenvalue weighted by molar-refractivity contribution is -0.909. The highest BCUT2D eigenvalue weighted by Gasteiger charge is 2.05. The highest BCUT2D eigenvalue weighted by Crippen LogP contribution is 1.95. The first-order valence-corrected chi connectivity index (χ1v) is 3.14. The molecule has 0 spiro atoms. The van der Waals surface area contributed by atoms with Crippen molar-refractivity contribution < 1.29 is 9.94 Å². The van der Waals surface area contributed by atoms with Gasteiger partial charge < -0.3 is 5.73 Å². The largest absolute Gasteiger partial charge is 0.321 e. The Hall–Kier alpha value is -1.09. The molecule has 0 saturated heterocycles. The summed E-state index contributed by atoms with van der Waals surface area (Å²) in [5.41, 5.74) is 7.16. The van der Waals surface area contributed by atoms with Gasteiger partial charge in [-0.15, -0.1) is 0 Å². The van der Waals surface area contributed by atoms with Crippen LogP contribution in [0.2, 0.25) is 0 Å². The molecule has 3 heteroatoms. The fourth-order valence-corrected chi connectivity index (χ4v) is 0.813. The number of hydrogen-bond acceptors (Lipinski definition) is 2. The first-order chi connectivity index (χ1) is 4.74. The van der Waals surface area contributed by atoms with Gasteiger partial charge in [-0.3, -0.25) is 5.21 Å². The van der Waals surface area contributed by atoms with Gasteiger partial charge in [0.1, 0.15) is 0 Å². The second-order valence-corrected chi connectivity index (χ2v) is 2.24. The van der Waals surface area contributed by atoms with E-state index in [9.17, 15) is 0 Å². The summed E-state index contributed by atoms with van der Waals surface area (Å²) >= 11 is 0. The normalized spacial score (nSPS) is 9.80. The lowest BCUT2D eigenvalue weighted by atomic mass is 10.2. The molecule has 0 aliphatic heterocycles. The summed E-state index contributed by atoms with van der Waals surface area (Å²) in [4.78, 5) is 0. The van der Waals surface area contributed by atoms with E-state index in [0.29, 0.717) is 6.54 Å². The zero-order valence-electron chi connectivity index (χ0n) is 5.91. The lowest BCUT2D eigenvalue weighted by Crippen LogP contribution is -2.36. The molecule has 0 atom stereocenters. The maximum atomic E-state index is 9.07. The number of pyridine rings is 1. The number of hydrogen-bond donors (Lipinski definition) is 2. The number of aryl methyl sites for hydroxylation is 1. The van der Waals surface area contributed by atoms with E-state index in [4.69, 9.17) is 10.9 Å². The summed E-state index contributed by atoms with van der Waals surface area (Å²) in [6.07, 6.45) is 1.58. The number of aromatic nitrogens is 1. The van der Waals surface area contributed by atoms with Crippen molar-refractivity contribution in [2.24, 2.45) is 5.73 Å². The molecule has 1 aromatic rings.